The molecule has 1 aliphatic carbocycles. The number of hydrogen-bond acceptors (Lipinski definition) is 5. The third-order valence-corrected chi connectivity index (χ3v) is 5.36. The summed E-state index contributed by atoms with van der Waals surface area (Å²) in [5.74, 6) is 1.07. The van der Waals surface area contributed by atoms with Crippen molar-refractivity contribution >= 4 is 17.8 Å². The third kappa shape index (κ3) is 3.43. The highest BCUT2D eigenvalue weighted by Crippen LogP contribution is 2.34. The number of nitrogens with zero attached hydrogens (tertiary/aromatic N) is 1. The summed E-state index contributed by atoms with van der Waals surface area (Å²) in [6.07, 6.45) is 2.52. The van der Waals surface area contributed by atoms with E-state index in [4.69, 9.17) is 9.47 Å². The van der Waals surface area contributed by atoms with Crippen LogP contribution in [0.3, 0.4) is 0 Å². The Labute approximate surface area is 157 Å². The minimum absolute atomic E-state index is 0.0679. The molecule has 3 aliphatic rings. The van der Waals surface area contributed by atoms with Crippen molar-refractivity contribution in [2.24, 2.45) is 5.92 Å². The lowest BCUT2D eigenvalue weighted by molar-refractivity contribution is -0.134. The Balaban J connectivity index is 1.42. The first-order chi connectivity index (χ1) is 12.9. The van der Waals surface area contributed by atoms with E-state index in [0.717, 1.165) is 23.3 Å². The molecule has 1 saturated carbocycles. The summed E-state index contributed by atoms with van der Waals surface area (Å²) in [6.45, 7) is 3.53. The molecule has 27 heavy (non-hydrogen) atoms. The van der Waals surface area contributed by atoms with Crippen LogP contribution in [0.25, 0.3) is 0 Å². The number of imide groups is 1. The second kappa shape index (κ2) is 6.44. The number of urea groups is 1. The van der Waals surface area contributed by atoms with Crippen LogP contribution in [-0.2, 0) is 16.0 Å². The van der Waals surface area contributed by atoms with Gasteiger partial charge < -0.3 is 20.1 Å². The van der Waals surface area contributed by atoms with Crippen LogP contribution in [0, 0.1) is 5.92 Å². The minimum atomic E-state index is -1.10. The summed E-state index contributed by atoms with van der Waals surface area (Å²) in [5, 5.41) is 5.60. The molecule has 1 aromatic carbocycles. The molecule has 0 bridgehead atoms. The molecule has 2 N–H and O–H groups in total. The molecule has 2 aliphatic heterocycles. The van der Waals surface area contributed by atoms with Crippen LogP contribution in [0.2, 0.25) is 0 Å². The highest BCUT2D eigenvalue weighted by Gasteiger charge is 2.48. The molecule has 1 aromatic rings. The highest BCUT2D eigenvalue weighted by molar-refractivity contribution is 6.09. The maximum Gasteiger partial charge on any atom is 0.325 e. The lowest BCUT2D eigenvalue weighted by atomic mass is 9.92. The van der Waals surface area contributed by atoms with E-state index in [0.29, 0.717) is 23.8 Å². The molecule has 0 radical (unpaired) electrons. The van der Waals surface area contributed by atoms with Crippen LogP contribution in [0.4, 0.5) is 4.79 Å². The van der Waals surface area contributed by atoms with Gasteiger partial charge in [0.15, 0.2) is 11.5 Å². The van der Waals surface area contributed by atoms with Gasteiger partial charge in [-0.1, -0.05) is 6.07 Å². The van der Waals surface area contributed by atoms with Crippen molar-refractivity contribution in [3.8, 4) is 11.5 Å². The summed E-state index contributed by atoms with van der Waals surface area (Å²) < 4.78 is 10.7. The fourth-order valence-electron chi connectivity index (χ4n) is 3.63. The number of hydrogen-bond donors (Lipinski definition) is 2. The number of carbonyl (C=O) groups is 3. The quantitative estimate of drug-likeness (QED) is 0.730. The Bertz CT molecular complexity index is 807. The third-order valence-electron chi connectivity index (χ3n) is 5.36. The average molecular weight is 373 g/mol. The van der Waals surface area contributed by atoms with Crippen molar-refractivity contribution in [2.45, 2.75) is 44.7 Å². The number of nitrogens with one attached hydrogen (secondary N) is 2. The first-order valence-electron chi connectivity index (χ1n) is 9.18. The fraction of sp³-hybridized carbons (Fsp3) is 0.526. The number of rotatable bonds is 6. The van der Waals surface area contributed by atoms with Gasteiger partial charge in [-0.25, -0.2) is 4.79 Å². The van der Waals surface area contributed by atoms with Gasteiger partial charge in [0.2, 0.25) is 12.7 Å². The van der Waals surface area contributed by atoms with Crippen molar-refractivity contribution in [3.05, 3.63) is 23.8 Å². The molecular weight excluding hydrogens is 350 g/mol. The van der Waals surface area contributed by atoms with Gasteiger partial charge in [-0.2, -0.15) is 0 Å². The van der Waals surface area contributed by atoms with E-state index in [2.05, 4.69) is 10.6 Å². The van der Waals surface area contributed by atoms with Crippen molar-refractivity contribution in [2.75, 3.05) is 13.3 Å². The summed E-state index contributed by atoms with van der Waals surface area (Å²) in [4.78, 5) is 38.4. The molecule has 2 heterocycles. The van der Waals surface area contributed by atoms with E-state index in [-0.39, 0.29) is 25.3 Å². The van der Waals surface area contributed by atoms with Gasteiger partial charge in [0.25, 0.3) is 5.91 Å². The zero-order valence-corrected chi connectivity index (χ0v) is 15.4. The summed E-state index contributed by atoms with van der Waals surface area (Å²) in [7, 11) is 0. The van der Waals surface area contributed by atoms with Crippen molar-refractivity contribution in [3.63, 3.8) is 0 Å². The Morgan fingerprint density at radius 1 is 1.33 bits per heavy atom. The van der Waals surface area contributed by atoms with Crippen LogP contribution < -0.4 is 20.1 Å². The van der Waals surface area contributed by atoms with Crippen LogP contribution in [0.15, 0.2) is 18.2 Å². The van der Waals surface area contributed by atoms with Gasteiger partial charge in [0, 0.05) is 12.5 Å². The van der Waals surface area contributed by atoms with Gasteiger partial charge in [-0.15, -0.1) is 0 Å². The number of benzene rings is 1. The van der Waals surface area contributed by atoms with Gasteiger partial charge >= 0.3 is 6.03 Å². The van der Waals surface area contributed by atoms with E-state index in [1.54, 1.807) is 19.1 Å². The van der Waals surface area contributed by atoms with Crippen molar-refractivity contribution in [1.82, 2.24) is 15.5 Å². The molecule has 0 aromatic heterocycles. The molecule has 2 atom stereocenters. The maximum atomic E-state index is 12.8. The van der Waals surface area contributed by atoms with Gasteiger partial charge in [-0.3, -0.25) is 14.5 Å². The highest BCUT2D eigenvalue weighted by atomic mass is 16.7. The molecule has 8 heteroatoms. The zero-order chi connectivity index (χ0) is 19.2. The van der Waals surface area contributed by atoms with E-state index >= 15 is 0 Å². The SMILES string of the molecule is C[C@H](NC(=O)CN1C(=O)N[C@](C)(Cc2ccc3c(c2)OCO3)C1=O)C1CC1. The second-order valence-corrected chi connectivity index (χ2v) is 7.71. The summed E-state index contributed by atoms with van der Waals surface area (Å²) in [6, 6.07) is 4.95. The van der Waals surface area contributed by atoms with E-state index in [1.807, 2.05) is 13.0 Å². The van der Waals surface area contributed by atoms with Crippen LogP contribution in [-0.4, -0.2) is 47.7 Å². The minimum Gasteiger partial charge on any atom is -0.454 e. The molecule has 1 saturated heterocycles. The summed E-state index contributed by atoms with van der Waals surface area (Å²) >= 11 is 0. The van der Waals surface area contributed by atoms with Crippen LogP contribution in [0.1, 0.15) is 32.3 Å². The van der Waals surface area contributed by atoms with Gasteiger partial charge in [0.05, 0.1) is 0 Å². The Hall–Kier alpha value is -2.77. The van der Waals surface area contributed by atoms with E-state index < -0.39 is 17.5 Å². The van der Waals surface area contributed by atoms with Crippen LogP contribution in [0.5, 0.6) is 11.5 Å². The smallest absolute Gasteiger partial charge is 0.325 e. The number of amides is 4. The Morgan fingerprint density at radius 2 is 2.07 bits per heavy atom. The van der Waals surface area contributed by atoms with Crippen LogP contribution >= 0.6 is 0 Å². The molecular formula is C19H23N3O5. The number of fused-ring (bicyclic) bond motifs is 1. The van der Waals surface area contributed by atoms with Gasteiger partial charge in [-0.05, 0) is 50.3 Å². The van der Waals surface area contributed by atoms with Gasteiger partial charge in [0.1, 0.15) is 12.1 Å². The average Bonchev–Trinajstić information content (AvgIpc) is 3.33. The number of ether oxygens (including phenoxy) is 2. The van der Waals surface area contributed by atoms with E-state index in [9.17, 15) is 14.4 Å². The molecule has 8 nitrogen and oxygen atoms in total. The normalized spacial score (nSPS) is 24.7. The fourth-order valence-corrected chi connectivity index (χ4v) is 3.63. The second-order valence-electron chi connectivity index (χ2n) is 7.71. The lowest BCUT2D eigenvalue weighted by Crippen LogP contribution is -2.47. The lowest BCUT2D eigenvalue weighted by Gasteiger charge is -2.22. The predicted octanol–water partition coefficient (Wildman–Crippen LogP) is 1.18. The zero-order valence-electron chi connectivity index (χ0n) is 15.4. The Morgan fingerprint density at radius 3 is 2.81 bits per heavy atom. The standard InChI is InChI=1S/C19H23N3O5/c1-11(13-4-5-13)20-16(23)9-22-17(24)19(2,21-18(22)25)8-12-3-6-14-15(7-12)27-10-26-14/h3,6-7,11,13H,4-5,8-10H2,1-2H3,(H,20,23)(H,21,25)/t11-,19+/m0/s1. The van der Waals surface area contributed by atoms with Crippen molar-refractivity contribution in [1.29, 1.82) is 0 Å². The molecule has 4 rings (SSSR count). The number of carbonyl (C=O) groups excluding carboxylic acids is 3. The van der Waals surface area contributed by atoms with Crippen molar-refractivity contribution < 1.29 is 23.9 Å². The molecule has 0 spiro atoms. The van der Waals surface area contributed by atoms with E-state index in [1.165, 1.54) is 0 Å². The molecule has 2 fully saturated rings. The predicted molar refractivity (Wildman–Crippen MR) is 95.2 cm³/mol. The topological polar surface area (TPSA) is 97.0 Å². The Kier molecular flexibility index (Phi) is 4.20. The summed E-state index contributed by atoms with van der Waals surface area (Å²) in [5.41, 5.74) is -0.267. The maximum absolute atomic E-state index is 12.8. The largest absolute Gasteiger partial charge is 0.454 e. The molecule has 0 unspecified atom stereocenters. The first-order valence-corrected chi connectivity index (χ1v) is 9.18. The molecule has 144 valence electrons. The molecule has 4 amide bonds. The first kappa shape index (κ1) is 17.6. The monoisotopic (exact) mass is 373 g/mol.